The van der Waals surface area contributed by atoms with Crippen LogP contribution in [0.1, 0.15) is 60.2 Å². The Labute approximate surface area is 172 Å². The molecule has 0 spiro atoms. The standard InChI is InChI=1S/C21H23BrN4O2/c1-13(2)19-18(22)20(26-25-19)21(27)24-14(3)15-7-6-9-17(11-15)28-12-16-8-4-5-10-23-16/h4-11,13-14H,12H2,1-3H3,(H,24,27)(H,25,26). The van der Waals surface area contributed by atoms with Crippen molar-refractivity contribution < 1.29 is 9.53 Å². The van der Waals surface area contributed by atoms with Crippen LogP contribution in [0, 0.1) is 0 Å². The molecule has 6 nitrogen and oxygen atoms in total. The number of benzene rings is 1. The number of aromatic nitrogens is 3. The van der Waals surface area contributed by atoms with Crippen LogP contribution in [0.2, 0.25) is 0 Å². The molecule has 3 aromatic rings. The van der Waals surface area contributed by atoms with Crippen molar-refractivity contribution in [3.8, 4) is 5.75 Å². The van der Waals surface area contributed by atoms with Crippen molar-refractivity contribution in [1.29, 1.82) is 0 Å². The lowest BCUT2D eigenvalue weighted by molar-refractivity contribution is 0.0934. The van der Waals surface area contributed by atoms with E-state index in [4.69, 9.17) is 4.74 Å². The third kappa shape index (κ3) is 4.78. The zero-order valence-electron chi connectivity index (χ0n) is 16.1. The number of amides is 1. The summed E-state index contributed by atoms with van der Waals surface area (Å²) in [6.07, 6.45) is 1.74. The Balaban J connectivity index is 1.65. The Morgan fingerprint density at radius 1 is 1.21 bits per heavy atom. The van der Waals surface area contributed by atoms with Crippen molar-refractivity contribution in [2.45, 2.75) is 39.3 Å². The van der Waals surface area contributed by atoms with Gasteiger partial charge in [-0.25, -0.2) is 0 Å². The molecule has 1 amide bonds. The van der Waals surface area contributed by atoms with Gasteiger partial charge in [-0.2, -0.15) is 5.10 Å². The Bertz CT molecular complexity index is 941. The predicted octanol–water partition coefficient (Wildman–Crippen LogP) is 4.76. The van der Waals surface area contributed by atoms with E-state index in [-0.39, 0.29) is 17.9 Å². The minimum atomic E-state index is -0.234. The van der Waals surface area contributed by atoms with Crippen LogP contribution in [-0.2, 0) is 6.61 Å². The van der Waals surface area contributed by atoms with E-state index >= 15 is 0 Å². The summed E-state index contributed by atoms with van der Waals surface area (Å²) in [5.41, 5.74) is 3.07. The van der Waals surface area contributed by atoms with Gasteiger partial charge in [0, 0.05) is 6.20 Å². The fourth-order valence-corrected chi connectivity index (χ4v) is 3.55. The van der Waals surface area contributed by atoms with Gasteiger partial charge in [-0.3, -0.25) is 14.9 Å². The van der Waals surface area contributed by atoms with Crippen LogP contribution in [0.3, 0.4) is 0 Å². The molecule has 1 unspecified atom stereocenters. The van der Waals surface area contributed by atoms with E-state index < -0.39 is 0 Å². The lowest BCUT2D eigenvalue weighted by atomic mass is 10.1. The molecule has 3 rings (SSSR count). The molecule has 0 bridgehead atoms. The van der Waals surface area contributed by atoms with Crippen molar-refractivity contribution >= 4 is 21.8 Å². The van der Waals surface area contributed by atoms with Crippen LogP contribution in [0.4, 0.5) is 0 Å². The molecule has 1 atom stereocenters. The first-order valence-electron chi connectivity index (χ1n) is 9.13. The van der Waals surface area contributed by atoms with Gasteiger partial charge in [-0.15, -0.1) is 0 Å². The van der Waals surface area contributed by atoms with E-state index in [0.717, 1.165) is 22.7 Å². The Hall–Kier alpha value is -2.67. The minimum Gasteiger partial charge on any atom is -0.487 e. The van der Waals surface area contributed by atoms with Gasteiger partial charge < -0.3 is 10.1 Å². The quantitative estimate of drug-likeness (QED) is 0.552. The van der Waals surface area contributed by atoms with Crippen LogP contribution in [0.15, 0.2) is 53.1 Å². The van der Waals surface area contributed by atoms with Gasteiger partial charge in [0.1, 0.15) is 12.4 Å². The molecule has 2 heterocycles. The molecule has 7 heteroatoms. The maximum Gasteiger partial charge on any atom is 0.273 e. The molecular weight excluding hydrogens is 420 g/mol. The van der Waals surface area contributed by atoms with Crippen molar-refractivity contribution in [2.24, 2.45) is 0 Å². The zero-order chi connectivity index (χ0) is 20.1. The van der Waals surface area contributed by atoms with Crippen LogP contribution in [0.25, 0.3) is 0 Å². The van der Waals surface area contributed by atoms with Crippen molar-refractivity contribution in [2.75, 3.05) is 0 Å². The number of carbonyl (C=O) groups is 1. The van der Waals surface area contributed by atoms with Crippen LogP contribution in [0.5, 0.6) is 5.75 Å². The summed E-state index contributed by atoms with van der Waals surface area (Å²) in [5, 5.41) is 10.1. The van der Waals surface area contributed by atoms with Gasteiger partial charge in [0.15, 0.2) is 5.69 Å². The first-order valence-corrected chi connectivity index (χ1v) is 9.92. The third-order valence-electron chi connectivity index (χ3n) is 4.34. The molecule has 0 aliphatic rings. The van der Waals surface area contributed by atoms with E-state index in [1.54, 1.807) is 6.20 Å². The van der Waals surface area contributed by atoms with Crippen molar-refractivity contribution in [1.82, 2.24) is 20.5 Å². The largest absolute Gasteiger partial charge is 0.487 e. The second-order valence-electron chi connectivity index (χ2n) is 6.83. The molecule has 0 saturated carbocycles. The number of H-pyrrole nitrogens is 1. The lowest BCUT2D eigenvalue weighted by Crippen LogP contribution is -2.27. The molecule has 0 aliphatic carbocycles. The highest BCUT2D eigenvalue weighted by Gasteiger charge is 2.21. The second-order valence-corrected chi connectivity index (χ2v) is 7.62. The first-order chi connectivity index (χ1) is 13.5. The first kappa shape index (κ1) is 20.1. The summed E-state index contributed by atoms with van der Waals surface area (Å²) in [6.45, 7) is 6.40. The monoisotopic (exact) mass is 442 g/mol. The molecular formula is C21H23BrN4O2. The van der Waals surface area contributed by atoms with Gasteiger partial charge in [0.25, 0.3) is 5.91 Å². The maximum atomic E-state index is 12.6. The smallest absolute Gasteiger partial charge is 0.273 e. The highest BCUT2D eigenvalue weighted by atomic mass is 79.9. The summed E-state index contributed by atoms with van der Waals surface area (Å²) in [6, 6.07) is 13.2. The van der Waals surface area contributed by atoms with Crippen LogP contribution < -0.4 is 10.1 Å². The fraction of sp³-hybridized carbons (Fsp3) is 0.286. The third-order valence-corrected chi connectivity index (χ3v) is 5.15. The van der Waals surface area contributed by atoms with Gasteiger partial charge in [-0.05, 0) is 58.6 Å². The molecule has 2 N–H and O–H groups in total. The number of aromatic amines is 1. The summed E-state index contributed by atoms with van der Waals surface area (Å²) < 4.78 is 6.53. The van der Waals surface area contributed by atoms with Crippen LogP contribution >= 0.6 is 15.9 Å². The summed E-state index contributed by atoms with van der Waals surface area (Å²) in [5.74, 6) is 0.739. The highest BCUT2D eigenvalue weighted by Crippen LogP contribution is 2.26. The Morgan fingerprint density at radius 2 is 2.04 bits per heavy atom. The molecule has 2 aromatic heterocycles. The normalized spacial score (nSPS) is 12.0. The summed E-state index contributed by atoms with van der Waals surface area (Å²) in [4.78, 5) is 16.9. The molecule has 28 heavy (non-hydrogen) atoms. The number of pyridine rings is 1. The van der Waals surface area contributed by atoms with E-state index in [0.29, 0.717) is 16.8 Å². The van der Waals surface area contributed by atoms with Gasteiger partial charge in [-0.1, -0.05) is 32.0 Å². The number of hydrogen-bond acceptors (Lipinski definition) is 4. The van der Waals surface area contributed by atoms with E-state index in [2.05, 4.69) is 36.4 Å². The van der Waals surface area contributed by atoms with E-state index in [1.165, 1.54) is 0 Å². The maximum absolute atomic E-state index is 12.6. The average molecular weight is 443 g/mol. The number of rotatable bonds is 7. The number of ether oxygens (including phenoxy) is 1. The topological polar surface area (TPSA) is 79.9 Å². The van der Waals surface area contributed by atoms with Gasteiger partial charge >= 0.3 is 0 Å². The fourth-order valence-electron chi connectivity index (χ4n) is 2.74. The molecule has 146 valence electrons. The number of carbonyl (C=O) groups excluding carboxylic acids is 1. The summed E-state index contributed by atoms with van der Waals surface area (Å²) >= 11 is 3.47. The lowest BCUT2D eigenvalue weighted by Gasteiger charge is -2.15. The average Bonchev–Trinajstić information content (AvgIpc) is 3.09. The van der Waals surface area contributed by atoms with E-state index in [9.17, 15) is 4.79 Å². The number of nitrogens with one attached hydrogen (secondary N) is 2. The van der Waals surface area contributed by atoms with Crippen molar-refractivity contribution in [3.05, 3.63) is 75.8 Å². The molecule has 0 fully saturated rings. The molecule has 0 radical (unpaired) electrons. The minimum absolute atomic E-state index is 0.197. The van der Waals surface area contributed by atoms with E-state index in [1.807, 2.05) is 63.2 Å². The number of nitrogens with zero attached hydrogens (tertiary/aromatic N) is 2. The van der Waals surface area contributed by atoms with Gasteiger partial charge in [0.05, 0.1) is 21.9 Å². The van der Waals surface area contributed by atoms with Crippen molar-refractivity contribution in [3.63, 3.8) is 0 Å². The Kier molecular flexibility index (Phi) is 6.46. The molecule has 0 aliphatic heterocycles. The molecule has 1 aromatic carbocycles. The number of halogens is 1. The zero-order valence-corrected chi connectivity index (χ0v) is 17.7. The predicted molar refractivity (Wildman–Crippen MR) is 111 cm³/mol. The molecule has 0 saturated heterocycles. The van der Waals surface area contributed by atoms with Crippen LogP contribution in [-0.4, -0.2) is 21.1 Å². The SMILES string of the molecule is CC(C)c1[nH]nc(C(=O)NC(C)c2cccc(OCc3ccccn3)c2)c1Br. The van der Waals surface area contributed by atoms with Gasteiger partial charge in [0.2, 0.25) is 0 Å². The highest BCUT2D eigenvalue weighted by molar-refractivity contribution is 9.10. The summed E-state index contributed by atoms with van der Waals surface area (Å²) in [7, 11) is 0. The number of hydrogen-bond donors (Lipinski definition) is 2. The Morgan fingerprint density at radius 3 is 2.71 bits per heavy atom. The second kappa shape index (κ2) is 9.01.